The Hall–Kier alpha value is -3.97. The van der Waals surface area contributed by atoms with E-state index < -0.39 is 0 Å². The van der Waals surface area contributed by atoms with Crippen LogP contribution < -0.4 is 25.2 Å². The molecule has 0 radical (unpaired) electrons. The van der Waals surface area contributed by atoms with Crippen LogP contribution in [0.5, 0.6) is 5.75 Å². The number of thiazole rings is 1. The fourth-order valence-corrected chi connectivity index (χ4v) is 5.83. The molecule has 240 valence electrons. The predicted molar refractivity (Wildman–Crippen MR) is 184 cm³/mol. The average Bonchev–Trinajstić information content (AvgIpc) is 3.48. The summed E-state index contributed by atoms with van der Waals surface area (Å²) in [4.78, 5) is 34.4. The quantitative estimate of drug-likeness (QED) is 0.226. The second-order valence-electron chi connectivity index (χ2n) is 10.7. The number of aliphatic hydroxyl groups excluding tert-OH is 1. The van der Waals surface area contributed by atoms with Gasteiger partial charge < -0.3 is 35.2 Å². The highest BCUT2D eigenvalue weighted by Crippen LogP contribution is 2.36. The first-order chi connectivity index (χ1) is 21.6. The number of rotatable bonds is 12. The highest BCUT2D eigenvalue weighted by atomic mass is 35.5. The van der Waals surface area contributed by atoms with Gasteiger partial charge in [-0.25, -0.2) is 15.0 Å². The highest BCUT2D eigenvalue weighted by Gasteiger charge is 2.23. The standard InChI is InChI=1S/C32H41ClN8O3S/c1-8-9-20(2)28(21(3)33)37-31(43)27-19-34-32(45-27)38-29-26(44-7)11-10-24(36-29)23-18-25(40(6)16-17-42)30(35-22(23)4)41-14-12-39(5)13-15-41/h8-11,18-19,42H,3,12-17H2,1-2,4-7H3,(H,37,43)(H,34,36,38)/b9-8-,28-20+. The number of aromatic nitrogens is 3. The molecule has 0 aromatic carbocycles. The summed E-state index contributed by atoms with van der Waals surface area (Å²) >= 11 is 7.33. The number of carbonyl (C=O) groups excluding carboxylic acids is 1. The van der Waals surface area contributed by atoms with Gasteiger partial charge in [-0.15, -0.1) is 0 Å². The first kappa shape index (κ1) is 33.9. The number of ether oxygens (including phenoxy) is 1. The lowest BCUT2D eigenvalue weighted by molar-refractivity contribution is 0.0970. The van der Waals surface area contributed by atoms with Crippen molar-refractivity contribution in [3.8, 4) is 17.0 Å². The fourth-order valence-electron chi connectivity index (χ4n) is 4.92. The number of aryl methyl sites for hydroxylation is 1. The van der Waals surface area contributed by atoms with Gasteiger partial charge in [0.05, 0.1) is 42.0 Å². The maximum atomic E-state index is 13.0. The molecule has 1 aliphatic heterocycles. The topological polar surface area (TPSA) is 119 Å². The first-order valence-corrected chi connectivity index (χ1v) is 15.8. The van der Waals surface area contributed by atoms with E-state index in [0.717, 1.165) is 54.5 Å². The van der Waals surface area contributed by atoms with Gasteiger partial charge in [0.15, 0.2) is 22.5 Å². The summed E-state index contributed by atoms with van der Waals surface area (Å²) in [6, 6.07) is 5.81. The summed E-state index contributed by atoms with van der Waals surface area (Å²) in [5, 5.41) is 16.5. The number of hydrogen-bond donors (Lipinski definition) is 3. The summed E-state index contributed by atoms with van der Waals surface area (Å²) < 4.78 is 5.60. The lowest BCUT2D eigenvalue weighted by atomic mass is 10.1. The number of piperazine rings is 1. The highest BCUT2D eigenvalue weighted by molar-refractivity contribution is 7.17. The Morgan fingerprint density at radius 2 is 2.00 bits per heavy atom. The maximum absolute atomic E-state index is 13.0. The van der Waals surface area contributed by atoms with Gasteiger partial charge in [0.2, 0.25) is 0 Å². The number of allylic oxidation sites excluding steroid dienone is 4. The molecule has 0 aliphatic carbocycles. The number of amides is 1. The van der Waals surface area contributed by atoms with Gasteiger partial charge in [0.25, 0.3) is 5.91 Å². The molecule has 11 nitrogen and oxygen atoms in total. The Bertz CT molecular complexity index is 1600. The summed E-state index contributed by atoms with van der Waals surface area (Å²) in [6.45, 7) is 13.6. The van der Waals surface area contributed by atoms with Crippen LogP contribution in [0.15, 0.2) is 59.4 Å². The molecule has 3 aromatic heterocycles. The zero-order valence-electron chi connectivity index (χ0n) is 26.6. The molecule has 1 aliphatic rings. The van der Waals surface area contributed by atoms with Crippen molar-refractivity contribution in [3.63, 3.8) is 0 Å². The van der Waals surface area contributed by atoms with Crippen molar-refractivity contribution in [2.75, 3.05) is 75.7 Å². The molecule has 0 saturated carbocycles. The van der Waals surface area contributed by atoms with Crippen LogP contribution in [0.4, 0.5) is 22.5 Å². The Morgan fingerprint density at radius 3 is 2.64 bits per heavy atom. The van der Waals surface area contributed by atoms with Crippen molar-refractivity contribution in [1.82, 2.24) is 25.2 Å². The third-order valence-electron chi connectivity index (χ3n) is 7.45. The molecule has 0 spiro atoms. The number of hydrogen-bond acceptors (Lipinski definition) is 11. The fraction of sp³-hybridized carbons (Fsp3) is 0.375. The van der Waals surface area contributed by atoms with E-state index in [1.807, 2.05) is 57.0 Å². The molecule has 0 unspecified atom stereocenters. The van der Waals surface area contributed by atoms with Crippen LogP contribution in [0.2, 0.25) is 0 Å². The number of anilines is 4. The minimum absolute atomic E-state index is 0.0260. The number of halogens is 1. The van der Waals surface area contributed by atoms with Crippen LogP contribution in [0.3, 0.4) is 0 Å². The van der Waals surface area contributed by atoms with Gasteiger partial charge in [-0.3, -0.25) is 4.79 Å². The van der Waals surface area contributed by atoms with Gasteiger partial charge in [0, 0.05) is 51.0 Å². The van der Waals surface area contributed by atoms with Gasteiger partial charge in [-0.05, 0) is 51.6 Å². The predicted octanol–water partition coefficient (Wildman–Crippen LogP) is 5.17. The monoisotopic (exact) mass is 652 g/mol. The number of likely N-dealkylation sites (N-methyl/N-ethyl adjacent to an activating group) is 2. The smallest absolute Gasteiger partial charge is 0.267 e. The van der Waals surface area contributed by atoms with Gasteiger partial charge in [-0.2, -0.15) is 0 Å². The molecule has 4 rings (SSSR count). The molecule has 3 aromatic rings. The van der Waals surface area contributed by atoms with Crippen molar-refractivity contribution in [1.29, 1.82) is 0 Å². The van der Waals surface area contributed by atoms with Crippen molar-refractivity contribution >= 4 is 51.3 Å². The number of pyridine rings is 2. The van der Waals surface area contributed by atoms with Gasteiger partial charge in [0.1, 0.15) is 4.88 Å². The molecular weight excluding hydrogens is 612 g/mol. The minimum atomic E-state index is -0.350. The second kappa shape index (κ2) is 15.3. The number of aliphatic hydroxyl groups is 1. The summed E-state index contributed by atoms with van der Waals surface area (Å²) in [5.41, 5.74) is 4.54. The molecule has 3 N–H and O–H groups in total. The van der Waals surface area contributed by atoms with E-state index in [-0.39, 0.29) is 17.5 Å². The van der Waals surface area contributed by atoms with Crippen molar-refractivity contribution < 1.29 is 14.6 Å². The van der Waals surface area contributed by atoms with Crippen molar-refractivity contribution in [2.45, 2.75) is 20.8 Å². The largest absolute Gasteiger partial charge is 0.493 e. The molecule has 1 fully saturated rings. The summed E-state index contributed by atoms with van der Waals surface area (Å²) in [5.74, 6) is 1.51. The second-order valence-corrected chi connectivity index (χ2v) is 12.2. The number of nitrogens with zero attached hydrogens (tertiary/aromatic N) is 6. The number of carbonyl (C=O) groups is 1. The molecule has 45 heavy (non-hydrogen) atoms. The molecule has 1 amide bonds. The Labute approximate surface area is 273 Å². The van der Waals surface area contributed by atoms with Crippen molar-refractivity contribution in [3.05, 3.63) is 70.0 Å². The molecule has 0 bridgehead atoms. The van der Waals surface area contributed by atoms with E-state index in [0.29, 0.717) is 39.5 Å². The average molecular weight is 653 g/mol. The molecule has 1 saturated heterocycles. The van der Waals surface area contributed by atoms with Crippen molar-refractivity contribution in [2.24, 2.45) is 0 Å². The first-order valence-electron chi connectivity index (χ1n) is 14.6. The number of methoxy groups -OCH3 is 1. The van der Waals surface area contributed by atoms with E-state index in [2.05, 4.69) is 45.1 Å². The van der Waals surface area contributed by atoms with E-state index in [9.17, 15) is 9.90 Å². The SMILES string of the molecule is C=C(Cl)/C(NC(=O)c1cnc(Nc2nc(-c3cc(N(C)CCO)c(N4CCN(C)CC4)nc3C)ccc2OC)s1)=C(C)\C=C/C. The van der Waals surface area contributed by atoms with Crippen LogP contribution in [-0.2, 0) is 0 Å². The zero-order valence-corrected chi connectivity index (χ0v) is 28.2. The van der Waals surface area contributed by atoms with Gasteiger partial charge >= 0.3 is 0 Å². The van der Waals surface area contributed by atoms with Crippen LogP contribution in [0.1, 0.15) is 29.2 Å². The molecule has 0 atom stereocenters. The van der Waals surface area contributed by atoms with Crippen LogP contribution in [-0.4, -0.2) is 91.4 Å². The lowest BCUT2D eigenvalue weighted by Gasteiger charge is -2.36. The third kappa shape index (κ3) is 8.20. The Balaban J connectivity index is 1.64. The maximum Gasteiger partial charge on any atom is 0.267 e. The Morgan fingerprint density at radius 1 is 1.27 bits per heavy atom. The molecule has 13 heteroatoms. The normalized spacial score (nSPS) is 14.4. The molecular formula is C32H41ClN8O3S. The van der Waals surface area contributed by atoms with Crippen LogP contribution in [0.25, 0.3) is 11.3 Å². The summed E-state index contributed by atoms with van der Waals surface area (Å²) in [7, 11) is 5.65. The third-order valence-corrected chi connectivity index (χ3v) is 8.55. The summed E-state index contributed by atoms with van der Waals surface area (Å²) in [6.07, 6.45) is 5.20. The van der Waals surface area contributed by atoms with Crippen LogP contribution in [0, 0.1) is 6.92 Å². The van der Waals surface area contributed by atoms with E-state index in [1.165, 1.54) is 17.5 Å². The molecule has 4 heterocycles. The van der Waals surface area contributed by atoms with Crippen LogP contribution >= 0.6 is 22.9 Å². The lowest BCUT2D eigenvalue weighted by Crippen LogP contribution is -2.45. The minimum Gasteiger partial charge on any atom is -0.493 e. The van der Waals surface area contributed by atoms with E-state index in [1.54, 1.807) is 7.11 Å². The van der Waals surface area contributed by atoms with E-state index >= 15 is 0 Å². The Kier molecular flexibility index (Phi) is 11.6. The van der Waals surface area contributed by atoms with E-state index in [4.69, 9.17) is 26.3 Å². The zero-order chi connectivity index (χ0) is 32.7. The number of nitrogens with one attached hydrogen (secondary N) is 2. The van der Waals surface area contributed by atoms with Gasteiger partial charge in [-0.1, -0.05) is 41.7 Å².